The van der Waals surface area contributed by atoms with E-state index in [1.54, 1.807) is 7.05 Å². The molecule has 2 aliphatic heterocycles. The third kappa shape index (κ3) is 6.48. The maximum absolute atomic E-state index is 12.4. The van der Waals surface area contributed by atoms with Crippen molar-refractivity contribution in [3.63, 3.8) is 0 Å². The molecular formula is C20H30ClN5O3. The van der Waals surface area contributed by atoms with E-state index in [1.165, 1.54) is 0 Å². The molecule has 160 valence electrons. The Hall–Kier alpha value is -2.03. The summed E-state index contributed by atoms with van der Waals surface area (Å²) < 4.78 is 11.0. The number of ether oxygens (including phenoxy) is 2. The van der Waals surface area contributed by atoms with Gasteiger partial charge >= 0.3 is 0 Å². The van der Waals surface area contributed by atoms with Crippen molar-refractivity contribution in [1.82, 2.24) is 20.0 Å². The van der Waals surface area contributed by atoms with E-state index in [1.807, 2.05) is 29.2 Å². The standard InChI is InChI=1S/C20H30ClN5O3/c1-22-20(23-6-13-29-18-5-3-2-4-17(18)21)26-9-7-24(8-10-26)16-19(27)25-11-14-28-15-12-25/h2-5H,6-16H2,1H3,(H,22,23). The number of carbonyl (C=O) groups is 1. The number of halogens is 1. The summed E-state index contributed by atoms with van der Waals surface area (Å²) >= 11 is 6.10. The van der Waals surface area contributed by atoms with Gasteiger partial charge in [0.2, 0.25) is 5.91 Å². The molecule has 0 unspecified atom stereocenters. The second-order valence-corrected chi connectivity index (χ2v) is 7.42. The van der Waals surface area contributed by atoms with E-state index >= 15 is 0 Å². The average Bonchev–Trinajstić information content (AvgIpc) is 2.76. The highest BCUT2D eigenvalue weighted by atomic mass is 35.5. The van der Waals surface area contributed by atoms with Gasteiger partial charge in [0.25, 0.3) is 0 Å². The van der Waals surface area contributed by atoms with E-state index in [2.05, 4.69) is 20.1 Å². The summed E-state index contributed by atoms with van der Waals surface area (Å²) in [6.45, 7) is 7.64. The molecule has 2 saturated heterocycles. The summed E-state index contributed by atoms with van der Waals surface area (Å²) in [4.78, 5) is 23.1. The average molecular weight is 424 g/mol. The Kier molecular flexibility index (Phi) is 8.39. The number of carbonyl (C=O) groups excluding carboxylic acids is 1. The topological polar surface area (TPSA) is 69.6 Å². The molecular weight excluding hydrogens is 394 g/mol. The molecule has 8 nitrogen and oxygen atoms in total. The van der Waals surface area contributed by atoms with Crippen LogP contribution in [0.2, 0.25) is 5.02 Å². The van der Waals surface area contributed by atoms with Crippen LogP contribution in [0.3, 0.4) is 0 Å². The first-order valence-electron chi connectivity index (χ1n) is 10.1. The predicted octanol–water partition coefficient (Wildman–Crippen LogP) is 0.771. The Bertz CT molecular complexity index is 688. The van der Waals surface area contributed by atoms with Crippen LogP contribution in [0.25, 0.3) is 0 Å². The molecule has 2 aliphatic rings. The van der Waals surface area contributed by atoms with Gasteiger partial charge in [-0.25, -0.2) is 0 Å². The largest absolute Gasteiger partial charge is 0.490 e. The van der Waals surface area contributed by atoms with Gasteiger partial charge in [0.15, 0.2) is 5.96 Å². The van der Waals surface area contributed by atoms with Crippen LogP contribution in [0.4, 0.5) is 0 Å². The van der Waals surface area contributed by atoms with Gasteiger partial charge in [0.1, 0.15) is 12.4 Å². The van der Waals surface area contributed by atoms with Crippen molar-refractivity contribution in [2.75, 3.05) is 79.2 Å². The van der Waals surface area contributed by atoms with E-state index < -0.39 is 0 Å². The number of aliphatic imine (C=N–C) groups is 1. The smallest absolute Gasteiger partial charge is 0.236 e. The zero-order valence-electron chi connectivity index (χ0n) is 17.0. The number of benzene rings is 1. The molecule has 2 heterocycles. The molecule has 1 amide bonds. The van der Waals surface area contributed by atoms with Crippen molar-refractivity contribution in [2.24, 2.45) is 4.99 Å². The second kappa shape index (κ2) is 11.2. The van der Waals surface area contributed by atoms with Crippen molar-refractivity contribution in [3.05, 3.63) is 29.3 Å². The summed E-state index contributed by atoms with van der Waals surface area (Å²) in [5, 5.41) is 3.95. The van der Waals surface area contributed by atoms with Crippen LogP contribution >= 0.6 is 11.6 Å². The number of piperazine rings is 1. The molecule has 0 bridgehead atoms. The van der Waals surface area contributed by atoms with E-state index in [0.29, 0.717) is 56.8 Å². The quantitative estimate of drug-likeness (QED) is 0.414. The predicted molar refractivity (Wildman–Crippen MR) is 114 cm³/mol. The number of guanidine groups is 1. The monoisotopic (exact) mass is 423 g/mol. The van der Waals surface area contributed by atoms with Crippen molar-refractivity contribution < 1.29 is 14.3 Å². The fourth-order valence-electron chi connectivity index (χ4n) is 3.44. The third-order valence-electron chi connectivity index (χ3n) is 5.09. The lowest BCUT2D eigenvalue weighted by Gasteiger charge is -2.37. The van der Waals surface area contributed by atoms with Crippen molar-refractivity contribution in [1.29, 1.82) is 0 Å². The van der Waals surface area contributed by atoms with E-state index in [-0.39, 0.29) is 5.91 Å². The lowest BCUT2D eigenvalue weighted by Crippen LogP contribution is -2.55. The summed E-state index contributed by atoms with van der Waals surface area (Å²) in [6, 6.07) is 7.45. The van der Waals surface area contributed by atoms with Crippen LogP contribution in [-0.4, -0.2) is 106 Å². The van der Waals surface area contributed by atoms with E-state index in [4.69, 9.17) is 21.1 Å². The SMILES string of the molecule is CN=C(NCCOc1ccccc1Cl)N1CCN(CC(=O)N2CCOCC2)CC1. The first-order chi connectivity index (χ1) is 14.2. The number of nitrogens with one attached hydrogen (secondary N) is 1. The summed E-state index contributed by atoms with van der Waals surface area (Å²) in [5.74, 6) is 1.73. The molecule has 29 heavy (non-hydrogen) atoms. The van der Waals surface area contributed by atoms with E-state index in [0.717, 1.165) is 32.1 Å². The molecule has 3 rings (SSSR count). The van der Waals surface area contributed by atoms with E-state index in [9.17, 15) is 4.79 Å². The third-order valence-corrected chi connectivity index (χ3v) is 5.40. The molecule has 9 heteroatoms. The highest BCUT2D eigenvalue weighted by Crippen LogP contribution is 2.22. The van der Waals surface area contributed by atoms with Gasteiger partial charge in [-0.2, -0.15) is 0 Å². The molecule has 1 N–H and O–H groups in total. The van der Waals surface area contributed by atoms with Gasteiger partial charge < -0.3 is 24.6 Å². The highest BCUT2D eigenvalue weighted by molar-refractivity contribution is 6.32. The summed E-state index contributed by atoms with van der Waals surface area (Å²) in [6.07, 6.45) is 0. The maximum atomic E-state index is 12.4. The van der Waals surface area contributed by atoms with Gasteiger partial charge in [0.05, 0.1) is 31.3 Å². The fraction of sp³-hybridized carbons (Fsp3) is 0.600. The number of hydrogen-bond acceptors (Lipinski definition) is 5. The number of rotatable bonds is 6. The van der Waals surface area contributed by atoms with Crippen molar-refractivity contribution in [2.45, 2.75) is 0 Å². The first kappa shape index (κ1) is 21.7. The maximum Gasteiger partial charge on any atom is 0.236 e. The van der Waals surface area contributed by atoms with Crippen molar-refractivity contribution >= 4 is 23.5 Å². The number of hydrogen-bond donors (Lipinski definition) is 1. The van der Waals surface area contributed by atoms with Crippen molar-refractivity contribution in [3.8, 4) is 5.75 Å². The van der Waals surface area contributed by atoms with Gasteiger partial charge in [-0.1, -0.05) is 23.7 Å². The molecule has 2 fully saturated rings. The first-order valence-corrected chi connectivity index (χ1v) is 10.5. The minimum atomic E-state index is 0.195. The van der Waals surface area contributed by atoms with Crippen LogP contribution in [-0.2, 0) is 9.53 Å². The van der Waals surface area contributed by atoms with Gasteiger partial charge in [-0.05, 0) is 12.1 Å². The van der Waals surface area contributed by atoms with Crippen LogP contribution in [0.15, 0.2) is 29.3 Å². The second-order valence-electron chi connectivity index (χ2n) is 7.01. The molecule has 1 aromatic rings. The number of para-hydroxylation sites is 1. The lowest BCUT2D eigenvalue weighted by atomic mass is 10.3. The number of amides is 1. The van der Waals surface area contributed by atoms with Gasteiger partial charge in [0, 0.05) is 46.3 Å². The minimum Gasteiger partial charge on any atom is -0.490 e. The normalized spacial score (nSPS) is 18.6. The van der Waals surface area contributed by atoms with Gasteiger partial charge in [-0.3, -0.25) is 14.7 Å². The van der Waals surface area contributed by atoms with Gasteiger partial charge in [-0.15, -0.1) is 0 Å². The minimum absolute atomic E-state index is 0.195. The summed E-state index contributed by atoms with van der Waals surface area (Å²) in [7, 11) is 1.78. The zero-order valence-corrected chi connectivity index (χ0v) is 17.7. The van der Waals surface area contributed by atoms with Crippen LogP contribution in [0, 0.1) is 0 Å². The Morgan fingerprint density at radius 3 is 2.55 bits per heavy atom. The molecule has 0 radical (unpaired) electrons. The molecule has 0 spiro atoms. The zero-order chi connectivity index (χ0) is 20.5. The molecule has 0 aliphatic carbocycles. The molecule has 0 aromatic heterocycles. The fourth-order valence-corrected chi connectivity index (χ4v) is 3.63. The van der Waals surface area contributed by atoms with Crippen LogP contribution < -0.4 is 10.1 Å². The Balaban J connectivity index is 1.36. The molecule has 0 saturated carbocycles. The molecule has 1 aromatic carbocycles. The number of morpholine rings is 1. The Morgan fingerprint density at radius 2 is 1.86 bits per heavy atom. The highest BCUT2D eigenvalue weighted by Gasteiger charge is 2.24. The molecule has 0 atom stereocenters. The lowest BCUT2D eigenvalue weighted by molar-refractivity contribution is -0.136. The Labute approximate surface area is 177 Å². The number of nitrogens with zero attached hydrogens (tertiary/aromatic N) is 4. The summed E-state index contributed by atoms with van der Waals surface area (Å²) in [5.41, 5.74) is 0. The Morgan fingerprint density at radius 1 is 1.14 bits per heavy atom. The van der Waals surface area contributed by atoms with Crippen LogP contribution in [0.5, 0.6) is 5.75 Å². The van der Waals surface area contributed by atoms with Crippen LogP contribution in [0.1, 0.15) is 0 Å².